The third-order valence-electron chi connectivity index (χ3n) is 3.96. The summed E-state index contributed by atoms with van der Waals surface area (Å²) in [6.45, 7) is 7.49. The quantitative estimate of drug-likeness (QED) is 0.447. The summed E-state index contributed by atoms with van der Waals surface area (Å²) in [5, 5.41) is 19.0. The molecule has 1 aromatic heterocycles. The number of phenols is 1. The maximum absolute atomic E-state index is 11.9. The van der Waals surface area contributed by atoms with Crippen molar-refractivity contribution in [3.05, 3.63) is 45.4 Å². The number of hydrogen-bond donors (Lipinski definition) is 4. The first-order chi connectivity index (χ1) is 12.0. The van der Waals surface area contributed by atoms with E-state index in [0.29, 0.717) is 16.8 Å². The van der Waals surface area contributed by atoms with Gasteiger partial charge in [0.2, 0.25) is 5.91 Å². The van der Waals surface area contributed by atoms with Crippen LogP contribution in [0.2, 0.25) is 0 Å². The molecule has 25 heavy (non-hydrogen) atoms. The van der Waals surface area contributed by atoms with Gasteiger partial charge in [-0.25, -0.2) is 5.43 Å². The Labute approximate surface area is 145 Å². The van der Waals surface area contributed by atoms with Gasteiger partial charge in [-0.1, -0.05) is 0 Å². The number of nitrogens with one attached hydrogen (secondary N) is 3. The molecule has 0 bridgehead atoms. The van der Waals surface area contributed by atoms with Gasteiger partial charge in [0.25, 0.3) is 5.56 Å². The van der Waals surface area contributed by atoms with E-state index in [1.165, 1.54) is 6.21 Å². The van der Waals surface area contributed by atoms with Crippen LogP contribution in [-0.2, 0) is 11.2 Å². The highest BCUT2D eigenvalue weighted by Gasteiger charge is 2.11. The summed E-state index contributed by atoms with van der Waals surface area (Å²) in [5.41, 5.74) is 4.44. The van der Waals surface area contributed by atoms with Gasteiger partial charge >= 0.3 is 0 Å². The Bertz CT molecular complexity index is 818. The van der Waals surface area contributed by atoms with Crippen LogP contribution < -0.4 is 15.9 Å². The Hall–Kier alpha value is -3.03. The number of hydrazone groups is 1. The molecule has 1 aromatic carbocycles. The van der Waals surface area contributed by atoms with Crippen molar-refractivity contribution in [1.82, 2.24) is 15.6 Å². The normalized spacial score (nSPS) is 11.0. The van der Waals surface area contributed by atoms with Crippen LogP contribution >= 0.6 is 0 Å². The molecule has 0 aliphatic rings. The van der Waals surface area contributed by atoms with Crippen molar-refractivity contribution >= 4 is 17.8 Å². The number of rotatable bonds is 7. The fourth-order valence-electron chi connectivity index (χ4n) is 2.49. The lowest BCUT2D eigenvalue weighted by Crippen LogP contribution is -2.23. The van der Waals surface area contributed by atoms with Gasteiger partial charge in [0.1, 0.15) is 5.75 Å². The number of nitrogens with zero attached hydrogens (tertiary/aromatic N) is 2. The molecule has 8 nitrogen and oxygen atoms in total. The molecule has 8 heteroatoms. The minimum atomic E-state index is -0.413. The van der Waals surface area contributed by atoms with E-state index in [4.69, 9.17) is 0 Å². The third kappa shape index (κ3) is 4.50. The Kier molecular flexibility index (Phi) is 5.99. The lowest BCUT2D eigenvalue weighted by Gasteiger charge is -2.21. The minimum Gasteiger partial charge on any atom is -0.507 e. The monoisotopic (exact) mass is 345 g/mol. The second-order valence-electron chi connectivity index (χ2n) is 5.57. The number of anilines is 1. The summed E-state index contributed by atoms with van der Waals surface area (Å²) in [6.07, 6.45) is 1.29. The van der Waals surface area contributed by atoms with Crippen molar-refractivity contribution in [2.24, 2.45) is 5.10 Å². The van der Waals surface area contributed by atoms with Crippen LogP contribution in [0.15, 0.2) is 28.1 Å². The number of carbonyl (C=O) groups is 1. The predicted molar refractivity (Wildman–Crippen MR) is 97.3 cm³/mol. The average molecular weight is 345 g/mol. The fraction of sp³-hybridized carbons (Fsp3) is 0.353. The molecular formula is C17H23N5O3. The molecule has 0 fully saturated rings. The van der Waals surface area contributed by atoms with Gasteiger partial charge < -0.3 is 15.1 Å². The van der Waals surface area contributed by atoms with Crippen molar-refractivity contribution in [2.75, 3.05) is 18.0 Å². The van der Waals surface area contributed by atoms with Crippen LogP contribution in [0.4, 0.5) is 5.69 Å². The maximum atomic E-state index is 11.9. The molecular weight excluding hydrogens is 322 g/mol. The van der Waals surface area contributed by atoms with Gasteiger partial charge in [0.15, 0.2) is 0 Å². The van der Waals surface area contributed by atoms with Crippen molar-refractivity contribution in [3.63, 3.8) is 0 Å². The predicted octanol–water partition coefficient (Wildman–Crippen LogP) is 1.26. The molecule has 2 aromatic rings. The molecule has 0 spiro atoms. The minimum absolute atomic E-state index is 0.0745. The van der Waals surface area contributed by atoms with Gasteiger partial charge in [-0.2, -0.15) is 5.10 Å². The molecule has 134 valence electrons. The van der Waals surface area contributed by atoms with Gasteiger partial charge in [0, 0.05) is 41.7 Å². The van der Waals surface area contributed by atoms with Crippen LogP contribution in [0.5, 0.6) is 5.75 Å². The number of aromatic hydroxyl groups is 1. The maximum Gasteiger partial charge on any atom is 0.267 e. The van der Waals surface area contributed by atoms with E-state index >= 15 is 0 Å². The number of benzene rings is 1. The molecule has 0 saturated heterocycles. The number of amides is 1. The van der Waals surface area contributed by atoms with E-state index in [0.717, 1.165) is 18.8 Å². The molecule has 0 radical (unpaired) electrons. The van der Waals surface area contributed by atoms with Crippen molar-refractivity contribution in [2.45, 2.75) is 27.2 Å². The second kappa shape index (κ2) is 8.18. The van der Waals surface area contributed by atoms with E-state index < -0.39 is 5.91 Å². The topological polar surface area (TPSA) is 114 Å². The van der Waals surface area contributed by atoms with E-state index in [2.05, 4.69) is 25.6 Å². The zero-order chi connectivity index (χ0) is 18.4. The van der Waals surface area contributed by atoms with Crippen LogP contribution in [0, 0.1) is 6.92 Å². The summed E-state index contributed by atoms with van der Waals surface area (Å²) in [5.74, 6) is -0.330. The molecule has 2 rings (SSSR count). The number of hydrogen-bond acceptors (Lipinski definition) is 5. The summed E-state index contributed by atoms with van der Waals surface area (Å²) in [6, 6.07) is 5.29. The largest absolute Gasteiger partial charge is 0.507 e. The Balaban J connectivity index is 2.00. The molecule has 0 saturated carbocycles. The SMILES string of the molecule is CCN(CC)c1ccc(/C=N/NC(=O)Cc2c(C)[nH][nH]c2=O)c(O)c1. The van der Waals surface area contributed by atoms with Crippen molar-refractivity contribution in [3.8, 4) is 5.75 Å². The Morgan fingerprint density at radius 1 is 1.32 bits per heavy atom. The molecule has 0 aliphatic carbocycles. The molecule has 1 heterocycles. The van der Waals surface area contributed by atoms with Crippen LogP contribution in [0.25, 0.3) is 0 Å². The first-order valence-corrected chi connectivity index (χ1v) is 8.12. The zero-order valence-electron chi connectivity index (χ0n) is 14.6. The van der Waals surface area contributed by atoms with E-state index in [-0.39, 0.29) is 17.7 Å². The van der Waals surface area contributed by atoms with Crippen molar-refractivity contribution < 1.29 is 9.90 Å². The van der Waals surface area contributed by atoms with E-state index in [1.54, 1.807) is 19.1 Å². The zero-order valence-corrected chi connectivity index (χ0v) is 14.6. The number of H-pyrrole nitrogens is 2. The van der Waals surface area contributed by atoms with Gasteiger partial charge in [-0.15, -0.1) is 0 Å². The number of phenolic OH excluding ortho intramolecular Hbond substituents is 1. The highest BCUT2D eigenvalue weighted by Crippen LogP contribution is 2.23. The summed E-state index contributed by atoms with van der Waals surface area (Å²) < 4.78 is 0. The van der Waals surface area contributed by atoms with Crippen molar-refractivity contribution in [1.29, 1.82) is 0 Å². The molecule has 1 amide bonds. The lowest BCUT2D eigenvalue weighted by atomic mass is 10.2. The Morgan fingerprint density at radius 3 is 2.60 bits per heavy atom. The summed E-state index contributed by atoms with van der Waals surface area (Å²) in [4.78, 5) is 25.5. The fourth-order valence-corrected chi connectivity index (χ4v) is 2.49. The molecule has 4 N–H and O–H groups in total. The van der Waals surface area contributed by atoms with Crippen LogP contribution in [-0.4, -0.2) is 40.5 Å². The molecule has 0 atom stereocenters. The number of aromatic nitrogens is 2. The first kappa shape index (κ1) is 18.3. The van der Waals surface area contributed by atoms with E-state index in [9.17, 15) is 14.7 Å². The van der Waals surface area contributed by atoms with Crippen LogP contribution in [0.1, 0.15) is 30.7 Å². The Morgan fingerprint density at radius 2 is 2.04 bits per heavy atom. The molecule has 0 aliphatic heterocycles. The molecule has 0 unspecified atom stereocenters. The van der Waals surface area contributed by atoms with E-state index in [1.807, 2.05) is 19.9 Å². The highest BCUT2D eigenvalue weighted by molar-refractivity contribution is 5.86. The number of aromatic amines is 2. The third-order valence-corrected chi connectivity index (χ3v) is 3.96. The first-order valence-electron chi connectivity index (χ1n) is 8.12. The number of aryl methyl sites for hydroxylation is 1. The van der Waals surface area contributed by atoms with Gasteiger partial charge in [0.05, 0.1) is 12.6 Å². The summed E-state index contributed by atoms with van der Waals surface area (Å²) in [7, 11) is 0. The smallest absolute Gasteiger partial charge is 0.267 e. The standard InChI is InChI=1S/C17H23N5O3/c1-4-22(5-2)13-7-6-12(15(23)8-13)10-18-20-16(24)9-14-11(3)19-21-17(14)25/h6-8,10,23H,4-5,9H2,1-3H3,(H,20,24)(H2,19,21,25)/b18-10+. The highest BCUT2D eigenvalue weighted by atomic mass is 16.3. The van der Waals surface area contributed by atoms with Gasteiger partial charge in [-0.3, -0.25) is 14.7 Å². The van der Waals surface area contributed by atoms with Gasteiger partial charge in [-0.05, 0) is 32.9 Å². The van der Waals surface area contributed by atoms with Crippen LogP contribution in [0.3, 0.4) is 0 Å². The second-order valence-corrected chi connectivity index (χ2v) is 5.57. The summed E-state index contributed by atoms with van der Waals surface area (Å²) >= 11 is 0. The average Bonchev–Trinajstić information content (AvgIpc) is 2.90. The lowest BCUT2D eigenvalue weighted by molar-refractivity contribution is -0.120. The number of carbonyl (C=O) groups excluding carboxylic acids is 1.